The van der Waals surface area contributed by atoms with E-state index in [1.807, 2.05) is 18.2 Å². The average Bonchev–Trinajstić information content (AvgIpc) is 2.32. The van der Waals surface area contributed by atoms with Gasteiger partial charge in [0.1, 0.15) is 0 Å². The van der Waals surface area contributed by atoms with Gasteiger partial charge < -0.3 is 10.1 Å². The molecule has 0 spiro atoms. The summed E-state index contributed by atoms with van der Waals surface area (Å²) in [4.78, 5) is 18.4. The molecule has 0 unspecified atom stereocenters. The molecule has 0 bridgehead atoms. The molecular formula is C11H10N2O2S. The van der Waals surface area contributed by atoms with Crippen molar-refractivity contribution in [1.82, 2.24) is 9.97 Å². The fraction of sp³-hybridized carbons (Fsp3) is 0.0909. The number of nitrogens with one attached hydrogen (secondary N) is 1. The van der Waals surface area contributed by atoms with Gasteiger partial charge in [-0.05, 0) is 12.1 Å². The number of aromatic hydroxyl groups is 1. The second kappa shape index (κ2) is 4.85. The third-order valence-corrected chi connectivity index (χ3v) is 2.98. The Morgan fingerprint density at radius 1 is 1.44 bits per heavy atom. The third kappa shape index (κ3) is 2.64. The highest BCUT2D eigenvalue weighted by molar-refractivity contribution is 7.98. The maximum Gasteiger partial charge on any atom is 0.290 e. The predicted molar refractivity (Wildman–Crippen MR) is 62.5 cm³/mol. The topological polar surface area (TPSA) is 66.0 Å². The van der Waals surface area contributed by atoms with E-state index < -0.39 is 5.56 Å². The number of aromatic nitrogens is 2. The first kappa shape index (κ1) is 10.8. The second-order valence-corrected chi connectivity index (χ2v) is 4.21. The zero-order valence-corrected chi connectivity index (χ0v) is 9.20. The molecule has 16 heavy (non-hydrogen) atoms. The van der Waals surface area contributed by atoms with Crippen molar-refractivity contribution in [1.29, 1.82) is 0 Å². The number of hydrogen-bond acceptors (Lipinski definition) is 4. The summed E-state index contributed by atoms with van der Waals surface area (Å²) in [6.07, 6.45) is 3.32. The maximum absolute atomic E-state index is 10.9. The molecule has 5 heteroatoms. The van der Waals surface area contributed by atoms with Crippen LogP contribution in [0.3, 0.4) is 0 Å². The van der Waals surface area contributed by atoms with Crippen molar-refractivity contribution in [3.8, 4) is 5.75 Å². The molecule has 0 atom stereocenters. The van der Waals surface area contributed by atoms with Crippen LogP contribution >= 0.6 is 11.8 Å². The largest absolute Gasteiger partial charge is 0.503 e. The van der Waals surface area contributed by atoms with Crippen LogP contribution in [0.4, 0.5) is 0 Å². The number of rotatable bonds is 3. The lowest BCUT2D eigenvalue weighted by Crippen LogP contribution is -2.03. The van der Waals surface area contributed by atoms with Crippen LogP contribution in [0.15, 0.2) is 46.3 Å². The highest BCUT2D eigenvalue weighted by Gasteiger charge is 2.00. The maximum atomic E-state index is 10.9. The smallest absolute Gasteiger partial charge is 0.290 e. The van der Waals surface area contributed by atoms with Crippen molar-refractivity contribution in [2.45, 2.75) is 10.6 Å². The second-order valence-electron chi connectivity index (χ2n) is 3.16. The van der Waals surface area contributed by atoms with E-state index >= 15 is 0 Å². The summed E-state index contributed by atoms with van der Waals surface area (Å²) in [6.45, 7) is 0. The van der Waals surface area contributed by atoms with Crippen molar-refractivity contribution < 1.29 is 5.11 Å². The van der Waals surface area contributed by atoms with Crippen LogP contribution in [-0.2, 0) is 5.75 Å². The van der Waals surface area contributed by atoms with Gasteiger partial charge in [-0.3, -0.25) is 9.78 Å². The monoisotopic (exact) mass is 234 g/mol. The quantitative estimate of drug-likeness (QED) is 0.794. The molecule has 0 aliphatic carbocycles. The molecule has 0 saturated heterocycles. The van der Waals surface area contributed by atoms with Crippen LogP contribution in [0.1, 0.15) is 5.69 Å². The Hall–Kier alpha value is -1.75. The fourth-order valence-electron chi connectivity index (χ4n) is 1.18. The first-order chi connectivity index (χ1) is 7.75. The van der Waals surface area contributed by atoms with Crippen LogP contribution < -0.4 is 5.56 Å². The number of hydrogen-bond donors (Lipinski definition) is 2. The van der Waals surface area contributed by atoms with E-state index in [-0.39, 0.29) is 5.75 Å². The lowest BCUT2D eigenvalue weighted by atomic mass is 10.4. The summed E-state index contributed by atoms with van der Waals surface area (Å²) in [5, 5.41) is 9.22. The number of thioether (sulfide) groups is 1. The minimum absolute atomic E-state index is 0.258. The summed E-state index contributed by atoms with van der Waals surface area (Å²) >= 11 is 1.50. The van der Waals surface area contributed by atoms with Crippen molar-refractivity contribution in [2.75, 3.05) is 0 Å². The summed E-state index contributed by atoms with van der Waals surface area (Å²) in [5.41, 5.74) is 0.486. The molecule has 82 valence electrons. The fourth-order valence-corrected chi connectivity index (χ4v) is 2.00. The standard InChI is InChI=1S/C11H10N2O2S/c14-10-5-9(6-13-11(10)15)16-7-8-3-1-2-4-12-8/h1-6,14H,7H2,(H,13,15). The molecule has 0 saturated carbocycles. The molecule has 2 heterocycles. The zero-order chi connectivity index (χ0) is 11.4. The van der Waals surface area contributed by atoms with Gasteiger partial charge in [-0.25, -0.2) is 0 Å². The van der Waals surface area contributed by atoms with Crippen LogP contribution in [0.5, 0.6) is 5.75 Å². The molecule has 2 rings (SSSR count). The minimum atomic E-state index is -0.470. The molecule has 0 radical (unpaired) electrons. The molecule has 0 fully saturated rings. The highest BCUT2D eigenvalue weighted by Crippen LogP contribution is 2.22. The Labute approximate surface area is 96.4 Å². The molecule has 0 aliphatic rings. The van der Waals surface area contributed by atoms with Crippen molar-refractivity contribution in [3.63, 3.8) is 0 Å². The van der Waals surface area contributed by atoms with Crippen molar-refractivity contribution in [2.24, 2.45) is 0 Å². The van der Waals surface area contributed by atoms with E-state index in [4.69, 9.17) is 0 Å². The van der Waals surface area contributed by atoms with Gasteiger partial charge in [0.2, 0.25) is 0 Å². The Bertz CT molecular complexity index is 525. The van der Waals surface area contributed by atoms with Crippen LogP contribution in [-0.4, -0.2) is 15.1 Å². The Morgan fingerprint density at radius 2 is 2.31 bits per heavy atom. The van der Waals surface area contributed by atoms with Crippen LogP contribution in [0, 0.1) is 0 Å². The summed E-state index contributed by atoms with van der Waals surface area (Å²) in [6, 6.07) is 7.16. The van der Waals surface area contributed by atoms with Crippen molar-refractivity contribution in [3.05, 3.63) is 52.7 Å². The third-order valence-electron chi connectivity index (χ3n) is 1.97. The van der Waals surface area contributed by atoms with Gasteiger partial charge in [0.05, 0.1) is 5.69 Å². The SMILES string of the molecule is O=c1[nH]cc(SCc2ccccn2)cc1O. The van der Waals surface area contributed by atoms with Crippen LogP contribution in [0.25, 0.3) is 0 Å². The van der Waals surface area contributed by atoms with Gasteiger partial charge in [-0.1, -0.05) is 6.07 Å². The number of pyridine rings is 2. The molecule has 0 aliphatic heterocycles. The van der Waals surface area contributed by atoms with Gasteiger partial charge in [0, 0.05) is 29.1 Å². The molecule has 2 aromatic rings. The predicted octanol–water partition coefficient (Wildman–Crippen LogP) is 1.77. The number of aromatic amines is 1. The van der Waals surface area contributed by atoms with Gasteiger partial charge in [0.25, 0.3) is 5.56 Å². The minimum Gasteiger partial charge on any atom is -0.503 e. The molecule has 2 N–H and O–H groups in total. The number of nitrogens with zero attached hydrogens (tertiary/aromatic N) is 1. The zero-order valence-electron chi connectivity index (χ0n) is 8.38. The highest BCUT2D eigenvalue weighted by atomic mass is 32.2. The van der Waals surface area contributed by atoms with Gasteiger partial charge in [0.15, 0.2) is 5.75 Å². The summed E-state index contributed by atoms with van der Waals surface area (Å²) in [5.74, 6) is 0.442. The Balaban J connectivity index is 2.05. The number of H-pyrrole nitrogens is 1. The molecule has 0 aromatic carbocycles. The van der Waals surface area contributed by atoms with E-state index in [9.17, 15) is 9.90 Å². The normalized spacial score (nSPS) is 10.2. The van der Waals surface area contributed by atoms with E-state index in [2.05, 4.69) is 9.97 Å². The first-order valence-corrected chi connectivity index (χ1v) is 5.68. The van der Waals surface area contributed by atoms with Crippen molar-refractivity contribution >= 4 is 11.8 Å². The Morgan fingerprint density at radius 3 is 3.00 bits per heavy atom. The van der Waals surface area contributed by atoms with E-state index in [1.165, 1.54) is 17.8 Å². The van der Waals surface area contributed by atoms with E-state index in [0.29, 0.717) is 5.75 Å². The van der Waals surface area contributed by atoms with Gasteiger partial charge in [-0.2, -0.15) is 0 Å². The molecule has 0 amide bonds. The van der Waals surface area contributed by atoms with Gasteiger partial charge in [-0.15, -0.1) is 11.8 Å². The van der Waals surface area contributed by atoms with Gasteiger partial charge >= 0.3 is 0 Å². The first-order valence-electron chi connectivity index (χ1n) is 4.70. The average molecular weight is 234 g/mol. The summed E-state index contributed by atoms with van der Waals surface area (Å²) < 4.78 is 0. The lowest BCUT2D eigenvalue weighted by molar-refractivity contribution is 0.464. The van der Waals surface area contributed by atoms with Crippen LogP contribution in [0.2, 0.25) is 0 Å². The molecule has 4 nitrogen and oxygen atoms in total. The van der Waals surface area contributed by atoms with E-state index in [0.717, 1.165) is 10.6 Å². The molecular weight excluding hydrogens is 224 g/mol. The molecule has 2 aromatic heterocycles. The summed E-state index contributed by atoms with van der Waals surface area (Å²) in [7, 11) is 0. The van der Waals surface area contributed by atoms with E-state index in [1.54, 1.807) is 12.4 Å². The Kier molecular flexibility index (Phi) is 3.26. The lowest BCUT2D eigenvalue weighted by Gasteiger charge is -2.01.